The third-order valence-corrected chi connectivity index (χ3v) is 4.19. The van der Waals surface area contributed by atoms with Gasteiger partial charge >= 0.3 is 0 Å². The Balaban J connectivity index is 3.05. The van der Waals surface area contributed by atoms with Gasteiger partial charge in [0, 0.05) is 25.4 Å². The number of hydrogen-bond donors (Lipinski definition) is 1. The lowest BCUT2D eigenvalue weighted by molar-refractivity contribution is 0.667. The van der Waals surface area contributed by atoms with Gasteiger partial charge in [0.05, 0.1) is 10.7 Å². The van der Waals surface area contributed by atoms with E-state index in [0.29, 0.717) is 6.04 Å². The highest BCUT2D eigenvalue weighted by Gasteiger charge is 2.18. The van der Waals surface area contributed by atoms with E-state index in [9.17, 15) is 0 Å². The first kappa shape index (κ1) is 15.7. The second-order valence-electron chi connectivity index (χ2n) is 4.41. The van der Waals surface area contributed by atoms with Crippen molar-refractivity contribution in [2.24, 2.45) is 0 Å². The molecule has 1 unspecified atom stereocenters. The molecule has 0 saturated carbocycles. The molecule has 0 spiro atoms. The molecule has 0 saturated heterocycles. The molecule has 0 fully saturated rings. The molecule has 1 aromatic rings. The van der Waals surface area contributed by atoms with Crippen LogP contribution in [0.5, 0.6) is 0 Å². The average Bonchev–Trinajstić information content (AvgIpc) is 2.36. The fourth-order valence-corrected chi connectivity index (χ4v) is 3.34. The van der Waals surface area contributed by atoms with Gasteiger partial charge in [0.2, 0.25) is 0 Å². The summed E-state index contributed by atoms with van der Waals surface area (Å²) in [5, 5.41) is 4.04. The summed E-state index contributed by atoms with van der Waals surface area (Å²) >= 11 is 8.27. The summed E-state index contributed by atoms with van der Waals surface area (Å²) in [7, 11) is 4.11. The van der Waals surface area contributed by atoms with Gasteiger partial charge in [-0.3, -0.25) is 0 Å². The smallest absolute Gasteiger partial charge is 0.0642 e. The fraction of sp³-hybridized carbons (Fsp3) is 0.571. The topological polar surface area (TPSA) is 15.3 Å². The number of thioether (sulfide) groups is 1. The van der Waals surface area contributed by atoms with E-state index in [4.69, 9.17) is 11.6 Å². The van der Waals surface area contributed by atoms with Crippen LogP contribution in [0.15, 0.2) is 18.2 Å². The van der Waals surface area contributed by atoms with Gasteiger partial charge in [0.15, 0.2) is 0 Å². The van der Waals surface area contributed by atoms with Crippen molar-refractivity contribution in [2.45, 2.75) is 25.9 Å². The normalized spacial score (nSPS) is 12.5. The molecule has 1 atom stereocenters. The van der Waals surface area contributed by atoms with Crippen molar-refractivity contribution in [1.82, 2.24) is 5.32 Å². The van der Waals surface area contributed by atoms with E-state index in [1.54, 1.807) is 0 Å². The summed E-state index contributed by atoms with van der Waals surface area (Å²) in [6, 6.07) is 6.65. The van der Waals surface area contributed by atoms with Crippen molar-refractivity contribution in [3.63, 3.8) is 0 Å². The summed E-state index contributed by atoms with van der Waals surface area (Å²) in [5.74, 6) is 1.12. The molecule has 0 bridgehead atoms. The monoisotopic (exact) mass is 286 g/mol. The summed E-state index contributed by atoms with van der Waals surface area (Å²) in [6.07, 6.45) is 3.28. The quantitative estimate of drug-likeness (QED) is 0.824. The predicted octanol–water partition coefficient (Wildman–Crippen LogP) is 3.64. The molecular weight excluding hydrogens is 264 g/mol. The van der Waals surface area contributed by atoms with Crippen molar-refractivity contribution >= 4 is 29.1 Å². The van der Waals surface area contributed by atoms with Crippen LogP contribution in [0.25, 0.3) is 0 Å². The molecule has 1 aromatic carbocycles. The molecule has 1 rings (SSSR count). The maximum atomic E-state index is 6.38. The lowest BCUT2D eigenvalue weighted by atomic mass is 10.1. The molecule has 1 N–H and O–H groups in total. The number of anilines is 1. The van der Waals surface area contributed by atoms with Gasteiger partial charge < -0.3 is 10.2 Å². The number of rotatable bonds is 7. The zero-order chi connectivity index (χ0) is 13.5. The van der Waals surface area contributed by atoms with Gasteiger partial charge in [-0.15, -0.1) is 0 Å². The maximum absolute atomic E-state index is 6.38. The first-order valence-corrected chi connectivity index (χ1v) is 8.06. The lowest BCUT2D eigenvalue weighted by Gasteiger charge is -2.31. The summed E-state index contributed by atoms with van der Waals surface area (Å²) in [5.41, 5.74) is 2.42. The SMILES string of the molecule is CCC(CSC)N(C)c1c(Cl)cccc1CNC. The summed E-state index contributed by atoms with van der Waals surface area (Å²) < 4.78 is 0. The van der Waals surface area contributed by atoms with Crippen LogP contribution >= 0.6 is 23.4 Å². The molecular formula is C14H23ClN2S. The van der Waals surface area contributed by atoms with Crippen LogP contribution in [0.4, 0.5) is 5.69 Å². The van der Waals surface area contributed by atoms with Crippen molar-refractivity contribution < 1.29 is 0 Å². The Morgan fingerprint density at radius 1 is 1.44 bits per heavy atom. The Labute approximate surface area is 120 Å². The molecule has 102 valence electrons. The Kier molecular flexibility index (Phi) is 6.90. The van der Waals surface area contributed by atoms with E-state index >= 15 is 0 Å². The van der Waals surface area contributed by atoms with Crippen molar-refractivity contribution in [2.75, 3.05) is 31.0 Å². The van der Waals surface area contributed by atoms with Crippen LogP contribution in [-0.2, 0) is 6.54 Å². The Morgan fingerprint density at radius 2 is 2.17 bits per heavy atom. The minimum absolute atomic E-state index is 0.524. The Morgan fingerprint density at radius 3 is 2.72 bits per heavy atom. The Hall–Kier alpha value is -0.380. The molecule has 2 nitrogen and oxygen atoms in total. The number of nitrogens with one attached hydrogen (secondary N) is 1. The molecule has 0 aliphatic heterocycles. The zero-order valence-corrected chi connectivity index (χ0v) is 13.2. The highest BCUT2D eigenvalue weighted by Crippen LogP contribution is 2.31. The highest BCUT2D eigenvalue weighted by molar-refractivity contribution is 7.98. The zero-order valence-electron chi connectivity index (χ0n) is 11.7. The number of para-hydroxylation sites is 1. The molecule has 0 heterocycles. The van der Waals surface area contributed by atoms with Gasteiger partial charge in [-0.05, 0) is 31.4 Å². The van der Waals surface area contributed by atoms with Crippen molar-refractivity contribution in [1.29, 1.82) is 0 Å². The van der Waals surface area contributed by atoms with E-state index < -0.39 is 0 Å². The standard InChI is InChI=1S/C14H23ClN2S/c1-5-12(10-18-4)17(3)14-11(9-16-2)7-6-8-13(14)15/h6-8,12,16H,5,9-10H2,1-4H3. The second-order valence-corrected chi connectivity index (χ2v) is 5.72. The largest absolute Gasteiger partial charge is 0.369 e. The third kappa shape index (κ3) is 3.81. The second kappa shape index (κ2) is 7.93. The van der Waals surface area contributed by atoms with Crippen molar-refractivity contribution in [3.8, 4) is 0 Å². The molecule has 0 aliphatic carbocycles. The van der Waals surface area contributed by atoms with E-state index in [1.807, 2.05) is 30.9 Å². The third-order valence-electron chi connectivity index (χ3n) is 3.17. The van der Waals surface area contributed by atoms with Crippen LogP contribution in [0.3, 0.4) is 0 Å². The van der Waals surface area contributed by atoms with Crippen molar-refractivity contribution in [3.05, 3.63) is 28.8 Å². The van der Waals surface area contributed by atoms with Crippen LogP contribution in [0.2, 0.25) is 5.02 Å². The Bertz CT molecular complexity index is 371. The van der Waals surface area contributed by atoms with E-state index in [2.05, 4.69) is 36.5 Å². The molecule has 0 aliphatic rings. The minimum atomic E-state index is 0.524. The fourth-order valence-electron chi connectivity index (χ4n) is 2.17. The predicted molar refractivity (Wildman–Crippen MR) is 85.1 cm³/mol. The van der Waals surface area contributed by atoms with Crippen LogP contribution < -0.4 is 10.2 Å². The highest BCUT2D eigenvalue weighted by atomic mass is 35.5. The first-order valence-electron chi connectivity index (χ1n) is 6.29. The van der Waals surface area contributed by atoms with E-state index in [-0.39, 0.29) is 0 Å². The number of hydrogen-bond acceptors (Lipinski definition) is 3. The average molecular weight is 287 g/mol. The van der Waals surface area contributed by atoms with Crippen LogP contribution in [0, 0.1) is 0 Å². The molecule has 0 radical (unpaired) electrons. The lowest BCUT2D eigenvalue weighted by Crippen LogP contribution is -2.34. The van der Waals surface area contributed by atoms with Gasteiger partial charge in [0.1, 0.15) is 0 Å². The number of benzene rings is 1. The van der Waals surface area contributed by atoms with Crippen LogP contribution in [0.1, 0.15) is 18.9 Å². The molecule has 0 amide bonds. The number of nitrogens with zero attached hydrogens (tertiary/aromatic N) is 1. The molecule has 4 heteroatoms. The number of halogens is 1. The van der Waals surface area contributed by atoms with Gasteiger partial charge in [-0.1, -0.05) is 30.7 Å². The minimum Gasteiger partial charge on any atom is -0.369 e. The molecule has 18 heavy (non-hydrogen) atoms. The summed E-state index contributed by atoms with van der Waals surface area (Å²) in [4.78, 5) is 2.32. The van der Waals surface area contributed by atoms with Gasteiger partial charge in [-0.25, -0.2) is 0 Å². The van der Waals surface area contributed by atoms with Crippen LogP contribution in [-0.4, -0.2) is 32.1 Å². The van der Waals surface area contributed by atoms with E-state index in [1.165, 1.54) is 5.56 Å². The maximum Gasteiger partial charge on any atom is 0.0642 e. The van der Waals surface area contributed by atoms with E-state index in [0.717, 1.165) is 29.4 Å². The summed E-state index contributed by atoms with van der Waals surface area (Å²) in [6.45, 7) is 3.07. The van der Waals surface area contributed by atoms with Gasteiger partial charge in [0.25, 0.3) is 0 Å². The molecule has 0 aromatic heterocycles. The van der Waals surface area contributed by atoms with Gasteiger partial charge in [-0.2, -0.15) is 11.8 Å². The first-order chi connectivity index (χ1) is 8.65.